The van der Waals surface area contributed by atoms with Crippen LogP contribution in [-0.2, 0) is 9.53 Å². The first-order valence-electron chi connectivity index (χ1n) is 14.6. The van der Waals surface area contributed by atoms with Crippen LogP contribution in [0.25, 0.3) is 0 Å². The maximum absolute atomic E-state index is 14.7. The Hall–Kier alpha value is -2.13. The van der Waals surface area contributed by atoms with Crippen molar-refractivity contribution < 1.29 is 13.9 Å². The summed E-state index contributed by atoms with van der Waals surface area (Å²) in [4.78, 5) is 28.3. The second-order valence-electron chi connectivity index (χ2n) is 11.6. The number of aromatic nitrogens is 1. The number of carbonyl (C=O) groups excluding carboxylic acids is 1. The molecule has 3 aliphatic rings. The van der Waals surface area contributed by atoms with Gasteiger partial charge < -0.3 is 4.74 Å². The van der Waals surface area contributed by atoms with Crippen LogP contribution in [-0.4, -0.2) is 71.8 Å². The molecular weight excluding hydrogens is 547 g/mol. The number of hydrogen-bond donors (Lipinski definition) is 0. The number of benzene rings is 1. The van der Waals surface area contributed by atoms with Crippen LogP contribution in [0, 0.1) is 17.7 Å². The number of piperidine rings is 1. The quantitative estimate of drug-likeness (QED) is 0.328. The SMILES string of the molecule is CCOC(=O)C1=C(CN2CCN3CCC(CC(C)C)CC3C2)CCC(c2nccs2)=NC1c1cccc(F)c1Cl. The molecule has 5 rings (SSSR count). The molecule has 0 amide bonds. The minimum absolute atomic E-state index is 0.00944. The van der Waals surface area contributed by atoms with Crippen molar-refractivity contribution in [2.24, 2.45) is 16.8 Å². The average molecular weight is 587 g/mol. The fraction of sp³-hybridized carbons (Fsp3) is 0.581. The molecule has 0 radical (unpaired) electrons. The van der Waals surface area contributed by atoms with Crippen molar-refractivity contribution in [2.75, 3.05) is 39.3 Å². The molecule has 216 valence electrons. The third-order valence-corrected chi connectivity index (χ3v) is 9.61. The van der Waals surface area contributed by atoms with Crippen LogP contribution in [0.2, 0.25) is 5.02 Å². The number of rotatable bonds is 8. The van der Waals surface area contributed by atoms with Crippen LogP contribution < -0.4 is 0 Å². The Morgan fingerprint density at radius 3 is 2.85 bits per heavy atom. The van der Waals surface area contributed by atoms with Crippen LogP contribution in [0.4, 0.5) is 4.39 Å². The third kappa shape index (κ3) is 6.67. The van der Waals surface area contributed by atoms with Gasteiger partial charge in [-0.05, 0) is 69.0 Å². The standard InChI is InChI=1S/C31H40ClFN4O2S/c1-4-39-31(38)27-22(18-36-13-14-37-12-10-21(16-20(2)3)17-23(37)19-36)8-9-26(30-34-11-15-40-30)35-29(27)24-6-5-7-25(33)28(24)32/h5-7,11,15,20-21,23,29H,4,8-10,12-14,16-19H2,1-3H3. The fourth-order valence-corrected chi connectivity index (χ4v) is 7.51. The zero-order valence-electron chi connectivity index (χ0n) is 23.7. The van der Waals surface area contributed by atoms with Gasteiger partial charge in [-0.3, -0.25) is 14.8 Å². The summed E-state index contributed by atoms with van der Waals surface area (Å²) in [5.74, 6) is 0.573. The highest BCUT2D eigenvalue weighted by Gasteiger charge is 2.36. The number of piperazine rings is 1. The largest absolute Gasteiger partial charge is 0.463 e. The smallest absolute Gasteiger partial charge is 0.336 e. The van der Waals surface area contributed by atoms with Gasteiger partial charge in [-0.2, -0.15) is 0 Å². The molecule has 3 aliphatic heterocycles. The summed E-state index contributed by atoms with van der Waals surface area (Å²) in [5, 5.41) is 2.72. The predicted octanol–water partition coefficient (Wildman–Crippen LogP) is 6.56. The van der Waals surface area contributed by atoms with E-state index < -0.39 is 17.8 Å². The Labute approximate surface area is 246 Å². The number of thiazole rings is 1. The number of hydrogen-bond acceptors (Lipinski definition) is 7. The highest BCUT2D eigenvalue weighted by atomic mass is 35.5. The van der Waals surface area contributed by atoms with Crippen LogP contribution >= 0.6 is 22.9 Å². The summed E-state index contributed by atoms with van der Waals surface area (Å²) in [7, 11) is 0. The van der Waals surface area contributed by atoms with Gasteiger partial charge in [-0.25, -0.2) is 14.2 Å². The van der Waals surface area contributed by atoms with Gasteiger partial charge >= 0.3 is 5.97 Å². The maximum Gasteiger partial charge on any atom is 0.336 e. The maximum atomic E-state index is 14.7. The van der Waals surface area contributed by atoms with E-state index in [9.17, 15) is 9.18 Å². The van der Waals surface area contributed by atoms with Gasteiger partial charge in [0.1, 0.15) is 16.9 Å². The summed E-state index contributed by atoms with van der Waals surface area (Å²) >= 11 is 8.03. The molecule has 0 aliphatic carbocycles. The summed E-state index contributed by atoms with van der Waals surface area (Å²) in [6, 6.07) is 4.50. The van der Waals surface area contributed by atoms with Crippen LogP contribution in [0.3, 0.4) is 0 Å². The Balaban J connectivity index is 1.48. The molecule has 2 saturated heterocycles. The van der Waals surface area contributed by atoms with Gasteiger partial charge in [-0.1, -0.05) is 37.6 Å². The minimum Gasteiger partial charge on any atom is -0.463 e. The topological polar surface area (TPSA) is 58.0 Å². The summed E-state index contributed by atoms with van der Waals surface area (Å²) < 4.78 is 20.3. The highest BCUT2D eigenvalue weighted by molar-refractivity contribution is 7.11. The molecular formula is C31H40ClFN4O2S. The second-order valence-corrected chi connectivity index (χ2v) is 12.9. The van der Waals surface area contributed by atoms with E-state index in [1.54, 1.807) is 25.3 Å². The molecule has 0 bridgehead atoms. The van der Waals surface area contributed by atoms with E-state index in [0.717, 1.165) is 47.8 Å². The van der Waals surface area contributed by atoms with Crippen LogP contribution in [0.1, 0.15) is 69.5 Å². The Morgan fingerprint density at radius 2 is 2.10 bits per heavy atom. The van der Waals surface area contributed by atoms with Crippen molar-refractivity contribution >= 4 is 34.6 Å². The van der Waals surface area contributed by atoms with Crippen molar-refractivity contribution in [3.63, 3.8) is 0 Å². The fourth-order valence-electron chi connectivity index (χ4n) is 6.62. The van der Waals surface area contributed by atoms with E-state index in [1.165, 1.54) is 43.2 Å². The molecule has 9 heteroatoms. The van der Waals surface area contributed by atoms with E-state index in [0.29, 0.717) is 36.6 Å². The van der Waals surface area contributed by atoms with Gasteiger partial charge in [0, 0.05) is 49.4 Å². The molecule has 0 spiro atoms. The molecule has 40 heavy (non-hydrogen) atoms. The zero-order valence-corrected chi connectivity index (χ0v) is 25.3. The predicted molar refractivity (Wildman–Crippen MR) is 160 cm³/mol. The molecule has 3 atom stereocenters. The van der Waals surface area contributed by atoms with E-state index in [4.69, 9.17) is 21.3 Å². The normalized spacial score (nSPS) is 24.6. The van der Waals surface area contributed by atoms with Gasteiger partial charge in [0.2, 0.25) is 0 Å². The van der Waals surface area contributed by atoms with Crippen molar-refractivity contribution in [1.82, 2.24) is 14.8 Å². The number of aliphatic imine (C=N–C) groups is 1. The average Bonchev–Trinajstić information content (AvgIpc) is 3.40. The lowest BCUT2D eigenvalue weighted by Gasteiger charge is -2.47. The Bertz CT molecular complexity index is 1250. The summed E-state index contributed by atoms with van der Waals surface area (Å²) in [6.45, 7) is 11.5. The monoisotopic (exact) mass is 586 g/mol. The molecule has 2 aromatic rings. The number of nitrogens with zero attached hydrogens (tertiary/aromatic N) is 4. The first kappa shape index (κ1) is 29.4. The van der Waals surface area contributed by atoms with Gasteiger partial charge in [0.25, 0.3) is 0 Å². The summed E-state index contributed by atoms with van der Waals surface area (Å²) in [5.41, 5.74) is 2.78. The first-order chi connectivity index (χ1) is 19.3. The number of fused-ring (bicyclic) bond motifs is 1. The van der Waals surface area contributed by atoms with Crippen molar-refractivity contribution in [3.8, 4) is 0 Å². The number of halogens is 2. The Morgan fingerprint density at radius 1 is 1.25 bits per heavy atom. The lowest BCUT2D eigenvalue weighted by atomic mass is 9.84. The lowest BCUT2D eigenvalue weighted by Crippen LogP contribution is -2.56. The molecule has 2 fully saturated rings. The molecule has 1 aromatic carbocycles. The molecule has 0 saturated carbocycles. The highest BCUT2D eigenvalue weighted by Crippen LogP contribution is 2.39. The minimum atomic E-state index is -0.759. The van der Waals surface area contributed by atoms with Gasteiger partial charge in [0.15, 0.2) is 0 Å². The van der Waals surface area contributed by atoms with Gasteiger partial charge in [0.05, 0.1) is 22.9 Å². The lowest BCUT2D eigenvalue weighted by molar-refractivity contribution is -0.138. The third-order valence-electron chi connectivity index (χ3n) is 8.39. The first-order valence-corrected chi connectivity index (χ1v) is 15.9. The van der Waals surface area contributed by atoms with E-state index in [1.807, 2.05) is 5.38 Å². The van der Waals surface area contributed by atoms with E-state index >= 15 is 0 Å². The van der Waals surface area contributed by atoms with Crippen LogP contribution in [0.5, 0.6) is 0 Å². The number of carbonyl (C=O) groups is 1. The van der Waals surface area contributed by atoms with Crippen LogP contribution in [0.15, 0.2) is 45.9 Å². The Kier molecular flexibility index (Phi) is 9.72. The van der Waals surface area contributed by atoms with Crippen molar-refractivity contribution in [1.29, 1.82) is 0 Å². The zero-order chi connectivity index (χ0) is 28.2. The van der Waals surface area contributed by atoms with Crippen molar-refractivity contribution in [2.45, 2.75) is 65.0 Å². The number of ether oxygens (including phenoxy) is 1. The molecule has 3 unspecified atom stereocenters. The summed E-state index contributed by atoms with van der Waals surface area (Å²) in [6.07, 6.45) is 6.88. The molecule has 4 heterocycles. The number of esters is 1. The van der Waals surface area contributed by atoms with E-state index in [2.05, 4.69) is 28.6 Å². The molecule has 6 nitrogen and oxygen atoms in total. The molecule has 1 aromatic heterocycles. The van der Waals surface area contributed by atoms with E-state index in [-0.39, 0.29) is 11.6 Å². The van der Waals surface area contributed by atoms with Gasteiger partial charge in [-0.15, -0.1) is 11.3 Å². The molecule has 0 N–H and O–H groups in total. The van der Waals surface area contributed by atoms with Crippen molar-refractivity contribution in [3.05, 3.63) is 62.3 Å². The second kappa shape index (κ2) is 13.2.